The van der Waals surface area contributed by atoms with E-state index in [9.17, 15) is 14.4 Å². The number of amides is 2. The number of ether oxygens (including phenoxy) is 1. The van der Waals surface area contributed by atoms with Gasteiger partial charge in [-0.25, -0.2) is 9.97 Å². The Bertz CT molecular complexity index is 1370. The highest BCUT2D eigenvalue weighted by atomic mass is 16.5. The number of nitrogens with zero attached hydrogens (tertiary/aromatic N) is 2. The lowest BCUT2D eigenvalue weighted by atomic mass is 9.91. The molecule has 0 bridgehead atoms. The summed E-state index contributed by atoms with van der Waals surface area (Å²) in [5.74, 6) is 0.551. The van der Waals surface area contributed by atoms with Gasteiger partial charge in [0.2, 0.25) is 5.91 Å². The van der Waals surface area contributed by atoms with Crippen molar-refractivity contribution in [2.75, 3.05) is 13.2 Å². The molecule has 2 heterocycles. The molecule has 2 fully saturated rings. The van der Waals surface area contributed by atoms with Crippen LogP contribution in [-0.4, -0.2) is 63.0 Å². The van der Waals surface area contributed by atoms with Crippen molar-refractivity contribution in [3.8, 4) is 17.0 Å². The average Bonchev–Trinajstić information content (AvgIpc) is 3.67. The molecule has 1 aromatic carbocycles. The fourth-order valence-corrected chi connectivity index (χ4v) is 5.07. The summed E-state index contributed by atoms with van der Waals surface area (Å²) in [5.41, 5.74) is 4.07. The van der Waals surface area contributed by atoms with E-state index in [1.54, 1.807) is 12.1 Å². The third kappa shape index (κ3) is 5.55. The number of aliphatic hydroxyl groups excluding tert-OH is 1. The van der Waals surface area contributed by atoms with Gasteiger partial charge < -0.3 is 25.5 Å². The molecule has 0 spiro atoms. The molecule has 38 heavy (non-hydrogen) atoms. The van der Waals surface area contributed by atoms with E-state index in [4.69, 9.17) is 9.84 Å². The molecular weight excluding hydrogens is 486 g/mol. The number of ketones is 1. The lowest BCUT2D eigenvalue weighted by Crippen LogP contribution is -2.44. The number of benzene rings is 1. The Kier molecular flexibility index (Phi) is 7.42. The van der Waals surface area contributed by atoms with E-state index in [-0.39, 0.29) is 29.7 Å². The van der Waals surface area contributed by atoms with Crippen LogP contribution in [0, 0.1) is 12.8 Å². The molecule has 3 aromatic rings. The number of carbonyl (C=O) groups excluding carboxylic acids is 3. The molecule has 0 radical (unpaired) electrons. The van der Waals surface area contributed by atoms with Crippen LogP contribution in [0.5, 0.6) is 5.75 Å². The van der Waals surface area contributed by atoms with Crippen LogP contribution < -0.4 is 15.4 Å². The third-order valence-corrected chi connectivity index (χ3v) is 7.38. The van der Waals surface area contributed by atoms with Gasteiger partial charge in [0.25, 0.3) is 5.91 Å². The van der Waals surface area contributed by atoms with Gasteiger partial charge in [-0.2, -0.15) is 0 Å². The van der Waals surface area contributed by atoms with Crippen LogP contribution in [0.4, 0.5) is 0 Å². The van der Waals surface area contributed by atoms with E-state index in [2.05, 4.69) is 25.6 Å². The summed E-state index contributed by atoms with van der Waals surface area (Å²) < 4.78 is 6.12. The second-order valence-corrected chi connectivity index (χ2v) is 10.3. The number of Topliss-reactive ketones (excluding diaryl/α,β-unsaturated/α-hetero) is 1. The van der Waals surface area contributed by atoms with Crippen molar-refractivity contribution in [2.45, 2.75) is 64.5 Å². The van der Waals surface area contributed by atoms with Gasteiger partial charge in [0.15, 0.2) is 5.78 Å². The predicted molar refractivity (Wildman–Crippen MR) is 141 cm³/mol. The predicted octanol–water partition coefficient (Wildman–Crippen LogP) is 3.07. The van der Waals surface area contributed by atoms with Gasteiger partial charge in [-0.05, 0) is 76.5 Å². The molecule has 2 amide bonds. The monoisotopic (exact) mass is 519 g/mol. The molecule has 10 heteroatoms. The van der Waals surface area contributed by atoms with Crippen LogP contribution in [-0.2, 0) is 4.79 Å². The molecule has 0 aliphatic heterocycles. The van der Waals surface area contributed by atoms with Crippen LogP contribution in [0.25, 0.3) is 22.3 Å². The van der Waals surface area contributed by atoms with Gasteiger partial charge in [0, 0.05) is 28.9 Å². The molecule has 4 N–H and O–H groups in total. The van der Waals surface area contributed by atoms with Gasteiger partial charge >= 0.3 is 0 Å². The first-order valence-electron chi connectivity index (χ1n) is 13.2. The summed E-state index contributed by atoms with van der Waals surface area (Å²) in [7, 11) is 0. The minimum absolute atomic E-state index is 0.00928. The van der Waals surface area contributed by atoms with Crippen molar-refractivity contribution in [2.24, 2.45) is 5.92 Å². The van der Waals surface area contributed by atoms with E-state index in [0.717, 1.165) is 38.5 Å². The van der Waals surface area contributed by atoms with Gasteiger partial charge in [-0.1, -0.05) is 0 Å². The maximum atomic E-state index is 13.4. The molecule has 2 aliphatic rings. The first kappa shape index (κ1) is 25.8. The van der Waals surface area contributed by atoms with Crippen LogP contribution in [0.1, 0.15) is 71.9 Å². The number of hydrogen-bond donors (Lipinski definition) is 4. The number of aliphatic hydroxyl groups is 1. The Morgan fingerprint density at radius 3 is 2.42 bits per heavy atom. The number of aryl methyl sites for hydroxylation is 1. The summed E-state index contributed by atoms with van der Waals surface area (Å²) in [6, 6.07) is 5.34. The van der Waals surface area contributed by atoms with Crippen LogP contribution in [0.2, 0.25) is 0 Å². The number of rotatable bonds is 9. The minimum Gasteiger partial charge on any atom is -0.493 e. The Hall–Kier alpha value is -3.79. The average molecular weight is 520 g/mol. The Balaban J connectivity index is 1.40. The van der Waals surface area contributed by atoms with Crippen molar-refractivity contribution in [1.82, 2.24) is 25.6 Å². The number of hydrogen-bond acceptors (Lipinski definition) is 7. The van der Waals surface area contributed by atoms with Crippen molar-refractivity contribution in [3.63, 3.8) is 0 Å². The Morgan fingerprint density at radius 2 is 1.76 bits per heavy atom. The first-order valence-corrected chi connectivity index (χ1v) is 13.2. The molecule has 5 rings (SSSR count). The molecule has 2 aromatic heterocycles. The maximum absolute atomic E-state index is 13.4. The van der Waals surface area contributed by atoms with Crippen molar-refractivity contribution >= 4 is 28.6 Å². The Morgan fingerprint density at radius 1 is 1.05 bits per heavy atom. The molecule has 2 aliphatic carbocycles. The van der Waals surface area contributed by atoms with E-state index in [1.807, 2.05) is 13.0 Å². The summed E-state index contributed by atoms with van der Waals surface area (Å²) in [6.45, 7) is 3.45. The number of fused-ring (bicyclic) bond motifs is 1. The van der Waals surface area contributed by atoms with Crippen molar-refractivity contribution in [3.05, 3.63) is 41.3 Å². The summed E-state index contributed by atoms with van der Waals surface area (Å²) in [4.78, 5) is 49.3. The minimum atomic E-state index is -0.520. The second-order valence-electron chi connectivity index (χ2n) is 10.3. The van der Waals surface area contributed by atoms with E-state index < -0.39 is 6.61 Å². The Labute approximate surface area is 220 Å². The normalized spacial score (nSPS) is 19.2. The number of nitrogens with one attached hydrogen (secondary N) is 3. The number of carbonyl (C=O) groups is 3. The topological polar surface area (TPSA) is 146 Å². The largest absolute Gasteiger partial charge is 0.493 e. The van der Waals surface area contributed by atoms with Gasteiger partial charge in [-0.3, -0.25) is 14.4 Å². The molecule has 200 valence electrons. The van der Waals surface area contributed by atoms with E-state index in [1.165, 1.54) is 13.3 Å². The molecule has 0 atom stereocenters. The molecule has 2 saturated carbocycles. The number of H-pyrrole nitrogens is 1. The molecule has 10 nitrogen and oxygen atoms in total. The second kappa shape index (κ2) is 10.9. The van der Waals surface area contributed by atoms with Crippen LogP contribution in [0.3, 0.4) is 0 Å². The van der Waals surface area contributed by atoms with Gasteiger partial charge in [0.1, 0.15) is 29.9 Å². The summed E-state index contributed by atoms with van der Waals surface area (Å²) in [5, 5.41) is 14.9. The smallest absolute Gasteiger partial charge is 0.255 e. The fraction of sp³-hybridized carbons (Fsp3) is 0.464. The highest BCUT2D eigenvalue weighted by molar-refractivity contribution is 6.09. The molecule has 0 saturated heterocycles. The van der Waals surface area contributed by atoms with Crippen molar-refractivity contribution in [1.29, 1.82) is 0 Å². The van der Waals surface area contributed by atoms with E-state index in [0.29, 0.717) is 57.4 Å². The summed E-state index contributed by atoms with van der Waals surface area (Å²) >= 11 is 0. The number of aromatic amines is 1. The van der Waals surface area contributed by atoms with Crippen molar-refractivity contribution < 1.29 is 24.2 Å². The van der Waals surface area contributed by atoms with E-state index >= 15 is 0 Å². The zero-order valence-electron chi connectivity index (χ0n) is 21.7. The van der Waals surface area contributed by atoms with Gasteiger partial charge in [-0.15, -0.1) is 0 Å². The molecule has 0 unspecified atom stereocenters. The maximum Gasteiger partial charge on any atom is 0.255 e. The first-order chi connectivity index (χ1) is 18.3. The molecular formula is C28H33N5O5. The zero-order valence-corrected chi connectivity index (χ0v) is 21.7. The SMILES string of the molecule is CC(=O)c1ccc(OCC2CC2)c(-c2ncnc3c(C(=O)NC4CCC(NC(=O)CO)CC4)c(C)[nH]c23)c1. The lowest BCUT2D eigenvalue weighted by Gasteiger charge is -2.29. The zero-order chi connectivity index (χ0) is 26.8. The van der Waals surface area contributed by atoms with Crippen LogP contribution in [0.15, 0.2) is 24.5 Å². The summed E-state index contributed by atoms with van der Waals surface area (Å²) in [6.07, 6.45) is 6.66. The third-order valence-electron chi connectivity index (χ3n) is 7.38. The quantitative estimate of drug-likeness (QED) is 0.318. The van der Waals surface area contributed by atoms with Crippen LogP contribution >= 0.6 is 0 Å². The standard InChI is InChI=1S/C28H33N5O5/c1-15-24(28(37)33-20-8-6-19(7-9-20)32-23(36)12-34)26-27(31-15)25(29-14-30-26)21-11-18(16(2)35)5-10-22(21)38-13-17-3-4-17/h5,10-11,14,17,19-20,31,34H,3-4,6-9,12-13H2,1-2H3,(H,32,36)(H,33,37). The van der Waals surface area contributed by atoms with Gasteiger partial charge in [0.05, 0.1) is 17.7 Å². The number of aromatic nitrogens is 3. The highest BCUT2D eigenvalue weighted by Gasteiger charge is 2.28. The lowest BCUT2D eigenvalue weighted by molar-refractivity contribution is -0.124. The highest BCUT2D eigenvalue weighted by Crippen LogP contribution is 2.37. The fourth-order valence-electron chi connectivity index (χ4n) is 5.07.